The van der Waals surface area contributed by atoms with Crippen molar-refractivity contribution >= 4 is 29.1 Å². The van der Waals surface area contributed by atoms with E-state index in [0.717, 1.165) is 12.1 Å². The number of piperazine rings is 1. The van der Waals surface area contributed by atoms with Crippen LogP contribution in [-0.2, 0) is 11.3 Å². The van der Waals surface area contributed by atoms with Crippen molar-refractivity contribution in [1.82, 2.24) is 10.2 Å². The minimum Gasteiger partial charge on any atom is -0.336 e. The standard InChI is InChI=1S/C12H14Cl2N2O/c1-8-12(17)16(5-4-15-8)7-9-2-3-10(13)6-11(9)14/h2-3,6,8,15H,4-5,7H2,1H3. The molecule has 5 heteroatoms. The van der Waals surface area contributed by atoms with Gasteiger partial charge in [0.05, 0.1) is 6.04 Å². The summed E-state index contributed by atoms with van der Waals surface area (Å²) in [5.74, 6) is 0.113. The molecule has 1 atom stereocenters. The van der Waals surface area contributed by atoms with Gasteiger partial charge in [0, 0.05) is 29.7 Å². The number of nitrogens with one attached hydrogen (secondary N) is 1. The fourth-order valence-corrected chi connectivity index (χ4v) is 2.37. The predicted molar refractivity (Wildman–Crippen MR) is 69.3 cm³/mol. The second-order valence-corrected chi connectivity index (χ2v) is 5.01. The summed E-state index contributed by atoms with van der Waals surface area (Å²) in [4.78, 5) is 13.7. The summed E-state index contributed by atoms with van der Waals surface area (Å²) in [6.45, 7) is 3.94. The first kappa shape index (κ1) is 12.7. The third-order valence-corrected chi connectivity index (χ3v) is 3.48. The molecule has 92 valence electrons. The molecule has 0 saturated carbocycles. The summed E-state index contributed by atoms with van der Waals surface area (Å²) in [6, 6.07) is 5.24. The zero-order valence-corrected chi connectivity index (χ0v) is 11.1. The van der Waals surface area contributed by atoms with Crippen molar-refractivity contribution < 1.29 is 4.79 Å². The van der Waals surface area contributed by atoms with Gasteiger partial charge in [0.15, 0.2) is 0 Å². The van der Waals surface area contributed by atoms with Gasteiger partial charge in [0.1, 0.15) is 0 Å². The number of carbonyl (C=O) groups is 1. The number of nitrogens with zero attached hydrogens (tertiary/aromatic N) is 1. The van der Waals surface area contributed by atoms with Crippen LogP contribution in [0.1, 0.15) is 12.5 Å². The molecule has 1 fully saturated rings. The van der Waals surface area contributed by atoms with E-state index in [1.807, 2.05) is 17.9 Å². The Hall–Kier alpha value is -0.770. The molecular weight excluding hydrogens is 259 g/mol. The third-order valence-electron chi connectivity index (χ3n) is 2.89. The lowest BCUT2D eigenvalue weighted by Gasteiger charge is -2.31. The molecule has 1 unspecified atom stereocenters. The van der Waals surface area contributed by atoms with Crippen LogP contribution < -0.4 is 5.32 Å². The molecule has 0 bridgehead atoms. The van der Waals surface area contributed by atoms with Crippen LogP contribution in [0, 0.1) is 0 Å². The summed E-state index contributed by atoms with van der Waals surface area (Å²) in [6.07, 6.45) is 0. The van der Waals surface area contributed by atoms with Gasteiger partial charge in [-0.15, -0.1) is 0 Å². The van der Waals surface area contributed by atoms with Gasteiger partial charge in [-0.25, -0.2) is 0 Å². The molecule has 0 aliphatic carbocycles. The Bertz CT molecular complexity index is 437. The molecule has 1 aromatic rings. The van der Waals surface area contributed by atoms with Crippen LogP contribution in [0.25, 0.3) is 0 Å². The van der Waals surface area contributed by atoms with Gasteiger partial charge in [0.25, 0.3) is 0 Å². The fourth-order valence-electron chi connectivity index (χ4n) is 1.90. The van der Waals surface area contributed by atoms with Crippen LogP contribution in [0.4, 0.5) is 0 Å². The maximum Gasteiger partial charge on any atom is 0.239 e. The number of benzene rings is 1. The quantitative estimate of drug-likeness (QED) is 0.896. The first-order valence-corrected chi connectivity index (χ1v) is 6.29. The molecule has 1 saturated heterocycles. The summed E-state index contributed by atoms with van der Waals surface area (Å²) >= 11 is 11.9. The Morgan fingerprint density at radius 1 is 1.47 bits per heavy atom. The van der Waals surface area contributed by atoms with Gasteiger partial charge in [-0.1, -0.05) is 29.3 Å². The van der Waals surface area contributed by atoms with Gasteiger partial charge in [-0.05, 0) is 24.6 Å². The normalized spacial score (nSPS) is 20.8. The molecule has 1 amide bonds. The van der Waals surface area contributed by atoms with Crippen LogP contribution in [0.2, 0.25) is 10.0 Å². The van der Waals surface area contributed by atoms with E-state index < -0.39 is 0 Å². The van der Waals surface area contributed by atoms with E-state index in [1.54, 1.807) is 12.1 Å². The van der Waals surface area contributed by atoms with E-state index in [4.69, 9.17) is 23.2 Å². The Labute approximate surface area is 111 Å². The monoisotopic (exact) mass is 272 g/mol. The van der Waals surface area contributed by atoms with E-state index in [2.05, 4.69) is 5.32 Å². The zero-order valence-electron chi connectivity index (χ0n) is 9.54. The summed E-state index contributed by atoms with van der Waals surface area (Å²) < 4.78 is 0. The molecule has 0 aromatic heterocycles. The second kappa shape index (κ2) is 5.25. The third kappa shape index (κ3) is 2.92. The van der Waals surface area contributed by atoms with Gasteiger partial charge < -0.3 is 10.2 Å². The largest absolute Gasteiger partial charge is 0.336 e. The molecule has 1 aliphatic rings. The van der Waals surface area contributed by atoms with E-state index in [0.29, 0.717) is 23.1 Å². The van der Waals surface area contributed by atoms with Crippen LogP contribution in [0.15, 0.2) is 18.2 Å². The van der Waals surface area contributed by atoms with Crippen molar-refractivity contribution in [1.29, 1.82) is 0 Å². The van der Waals surface area contributed by atoms with E-state index >= 15 is 0 Å². The molecule has 1 aromatic carbocycles. The van der Waals surface area contributed by atoms with Crippen molar-refractivity contribution in [2.75, 3.05) is 13.1 Å². The van der Waals surface area contributed by atoms with Gasteiger partial charge in [0.2, 0.25) is 5.91 Å². The van der Waals surface area contributed by atoms with Crippen molar-refractivity contribution in [3.05, 3.63) is 33.8 Å². The van der Waals surface area contributed by atoms with E-state index in [9.17, 15) is 4.79 Å². The Kier molecular flexibility index (Phi) is 3.92. The molecular formula is C12H14Cl2N2O. The fraction of sp³-hybridized carbons (Fsp3) is 0.417. The maximum atomic E-state index is 11.9. The average Bonchev–Trinajstić information content (AvgIpc) is 2.28. The Balaban J connectivity index is 2.12. The highest BCUT2D eigenvalue weighted by Gasteiger charge is 2.24. The summed E-state index contributed by atoms with van der Waals surface area (Å²) in [5.41, 5.74) is 0.929. The van der Waals surface area contributed by atoms with Gasteiger partial charge in [-0.3, -0.25) is 4.79 Å². The van der Waals surface area contributed by atoms with Crippen LogP contribution in [0.3, 0.4) is 0 Å². The minimum absolute atomic E-state index is 0.113. The Morgan fingerprint density at radius 2 is 2.24 bits per heavy atom. The first-order valence-electron chi connectivity index (χ1n) is 5.54. The zero-order chi connectivity index (χ0) is 12.4. The number of carbonyl (C=O) groups excluding carboxylic acids is 1. The molecule has 2 rings (SSSR count). The van der Waals surface area contributed by atoms with E-state index in [-0.39, 0.29) is 11.9 Å². The van der Waals surface area contributed by atoms with Crippen molar-refractivity contribution in [2.45, 2.75) is 19.5 Å². The lowest BCUT2D eigenvalue weighted by atomic mass is 10.1. The molecule has 3 nitrogen and oxygen atoms in total. The lowest BCUT2D eigenvalue weighted by molar-refractivity contribution is -0.135. The molecule has 1 N–H and O–H groups in total. The number of amides is 1. The number of rotatable bonds is 2. The average molecular weight is 273 g/mol. The SMILES string of the molecule is CC1NCCN(Cc2ccc(Cl)cc2Cl)C1=O. The highest BCUT2D eigenvalue weighted by Crippen LogP contribution is 2.22. The number of halogens is 2. The van der Waals surface area contributed by atoms with Crippen LogP contribution in [0.5, 0.6) is 0 Å². The Morgan fingerprint density at radius 3 is 2.94 bits per heavy atom. The van der Waals surface area contributed by atoms with Crippen molar-refractivity contribution in [3.8, 4) is 0 Å². The minimum atomic E-state index is -0.116. The van der Waals surface area contributed by atoms with Gasteiger partial charge in [-0.2, -0.15) is 0 Å². The maximum absolute atomic E-state index is 11.9. The van der Waals surface area contributed by atoms with Gasteiger partial charge >= 0.3 is 0 Å². The highest BCUT2D eigenvalue weighted by molar-refractivity contribution is 6.35. The highest BCUT2D eigenvalue weighted by atomic mass is 35.5. The molecule has 0 radical (unpaired) electrons. The van der Waals surface area contributed by atoms with E-state index in [1.165, 1.54) is 0 Å². The molecule has 1 heterocycles. The summed E-state index contributed by atoms with van der Waals surface area (Å²) in [7, 11) is 0. The topological polar surface area (TPSA) is 32.3 Å². The first-order chi connectivity index (χ1) is 8.08. The predicted octanol–water partition coefficient (Wildman–Crippen LogP) is 2.31. The number of hydrogen-bond donors (Lipinski definition) is 1. The molecule has 1 aliphatic heterocycles. The summed E-state index contributed by atoms with van der Waals surface area (Å²) in [5, 5.41) is 4.34. The van der Waals surface area contributed by atoms with Crippen LogP contribution >= 0.6 is 23.2 Å². The van der Waals surface area contributed by atoms with Crippen LogP contribution in [-0.4, -0.2) is 29.9 Å². The van der Waals surface area contributed by atoms with Crippen molar-refractivity contribution in [2.24, 2.45) is 0 Å². The smallest absolute Gasteiger partial charge is 0.239 e. The van der Waals surface area contributed by atoms with Crippen molar-refractivity contribution in [3.63, 3.8) is 0 Å². The number of hydrogen-bond acceptors (Lipinski definition) is 2. The molecule has 0 spiro atoms. The molecule has 17 heavy (non-hydrogen) atoms. The second-order valence-electron chi connectivity index (χ2n) is 4.17. The lowest BCUT2D eigenvalue weighted by Crippen LogP contribution is -2.53.